The van der Waals surface area contributed by atoms with E-state index in [0.29, 0.717) is 29.5 Å². The maximum Gasteiger partial charge on any atom is 0.331 e. The molecule has 3 aromatic carbocycles. The average Bonchev–Trinajstić information content (AvgIpc) is 2.90. The molecule has 1 unspecified atom stereocenters. The third-order valence-corrected chi connectivity index (χ3v) is 5.44. The van der Waals surface area contributed by atoms with Gasteiger partial charge in [0.25, 0.3) is 5.91 Å². The first-order valence-corrected chi connectivity index (χ1v) is 10.8. The van der Waals surface area contributed by atoms with E-state index in [9.17, 15) is 9.59 Å². The van der Waals surface area contributed by atoms with Crippen molar-refractivity contribution in [2.45, 2.75) is 6.04 Å². The third kappa shape index (κ3) is 5.04. The van der Waals surface area contributed by atoms with Crippen LogP contribution < -0.4 is 19.1 Å². The van der Waals surface area contributed by atoms with E-state index in [-0.39, 0.29) is 11.9 Å². The smallest absolute Gasteiger partial charge is 0.331 e. The first-order chi connectivity index (χ1) is 16.6. The molecule has 4 rings (SSSR count). The molecule has 34 heavy (non-hydrogen) atoms. The van der Waals surface area contributed by atoms with Gasteiger partial charge >= 0.3 is 5.97 Å². The second-order valence-electron chi connectivity index (χ2n) is 7.52. The Kier molecular flexibility index (Phi) is 7.13. The molecule has 1 amide bonds. The van der Waals surface area contributed by atoms with Gasteiger partial charge < -0.3 is 18.9 Å². The maximum absolute atomic E-state index is 13.2. The van der Waals surface area contributed by atoms with E-state index in [1.165, 1.54) is 13.2 Å². The van der Waals surface area contributed by atoms with Gasteiger partial charge in [0.05, 0.1) is 25.9 Å². The van der Waals surface area contributed by atoms with Crippen LogP contribution in [0.3, 0.4) is 0 Å². The number of esters is 1. The molecule has 0 aromatic heterocycles. The second-order valence-corrected chi connectivity index (χ2v) is 7.52. The Hall–Kier alpha value is -4.26. The molecule has 0 fully saturated rings. The summed E-state index contributed by atoms with van der Waals surface area (Å²) >= 11 is 0. The number of hydrogen-bond acceptors (Lipinski definition) is 6. The molecule has 3 aromatic rings. The maximum atomic E-state index is 13.2. The number of methoxy groups -OCH3 is 2. The molecule has 174 valence electrons. The number of amides is 1. The Labute approximate surface area is 198 Å². The van der Waals surface area contributed by atoms with Crippen molar-refractivity contribution in [3.8, 4) is 17.2 Å². The molecule has 1 aliphatic heterocycles. The van der Waals surface area contributed by atoms with Crippen LogP contribution in [-0.4, -0.2) is 39.3 Å². The Balaban J connectivity index is 1.46. The number of ether oxygens (including phenoxy) is 4. The lowest BCUT2D eigenvalue weighted by Gasteiger charge is -2.37. The molecule has 1 heterocycles. The molecular formula is C27H25NO6. The van der Waals surface area contributed by atoms with Crippen molar-refractivity contribution in [3.05, 3.63) is 90.0 Å². The van der Waals surface area contributed by atoms with Crippen molar-refractivity contribution in [2.24, 2.45) is 0 Å². The van der Waals surface area contributed by atoms with Gasteiger partial charge in [0.2, 0.25) is 0 Å². The molecule has 7 nitrogen and oxygen atoms in total. The molecule has 0 saturated heterocycles. The van der Waals surface area contributed by atoms with E-state index in [2.05, 4.69) is 0 Å². The van der Waals surface area contributed by atoms with Crippen LogP contribution in [0.1, 0.15) is 17.2 Å². The van der Waals surface area contributed by atoms with E-state index < -0.39 is 12.6 Å². The van der Waals surface area contributed by atoms with E-state index >= 15 is 0 Å². The Morgan fingerprint density at radius 1 is 0.971 bits per heavy atom. The fourth-order valence-corrected chi connectivity index (χ4v) is 3.79. The zero-order valence-corrected chi connectivity index (χ0v) is 19.0. The van der Waals surface area contributed by atoms with E-state index in [4.69, 9.17) is 18.9 Å². The molecule has 0 aliphatic carbocycles. The van der Waals surface area contributed by atoms with Gasteiger partial charge in [-0.15, -0.1) is 0 Å². The van der Waals surface area contributed by atoms with Crippen molar-refractivity contribution >= 4 is 23.6 Å². The van der Waals surface area contributed by atoms with Gasteiger partial charge in [-0.05, 0) is 41.5 Å². The molecule has 0 N–H and O–H groups in total. The number of fused-ring (bicyclic) bond motifs is 1. The van der Waals surface area contributed by atoms with Crippen LogP contribution in [0.5, 0.6) is 17.2 Å². The fourth-order valence-electron chi connectivity index (χ4n) is 3.79. The summed E-state index contributed by atoms with van der Waals surface area (Å²) in [6.07, 6.45) is 2.86. The summed E-state index contributed by atoms with van der Waals surface area (Å²) in [5.41, 5.74) is 2.31. The summed E-state index contributed by atoms with van der Waals surface area (Å²) in [5.74, 6) is 0.791. The van der Waals surface area contributed by atoms with Crippen molar-refractivity contribution in [1.29, 1.82) is 0 Å². The molecule has 7 heteroatoms. The summed E-state index contributed by atoms with van der Waals surface area (Å²) in [5, 5.41) is 0. The Bertz CT molecular complexity index is 1190. The number of hydrogen-bond donors (Lipinski definition) is 0. The number of rotatable bonds is 7. The van der Waals surface area contributed by atoms with Crippen LogP contribution in [0.15, 0.2) is 78.9 Å². The highest BCUT2D eigenvalue weighted by molar-refractivity contribution is 5.98. The molecule has 0 saturated carbocycles. The predicted octanol–water partition coefficient (Wildman–Crippen LogP) is 4.43. The number of carbonyl (C=O) groups excluding carboxylic acids is 2. The predicted molar refractivity (Wildman–Crippen MR) is 128 cm³/mol. The van der Waals surface area contributed by atoms with Crippen LogP contribution in [0, 0.1) is 0 Å². The summed E-state index contributed by atoms with van der Waals surface area (Å²) in [4.78, 5) is 27.2. The molecule has 1 atom stereocenters. The molecule has 1 aliphatic rings. The number of nitrogens with zero attached hydrogens (tertiary/aromatic N) is 1. The first-order valence-electron chi connectivity index (χ1n) is 10.8. The zero-order chi connectivity index (χ0) is 23.9. The quantitative estimate of drug-likeness (QED) is 0.385. The highest BCUT2D eigenvalue weighted by Gasteiger charge is 2.33. The largest absolute Gasteiger partial charge is 0.493 e. The van der Waals surface area contributed by atoms with Crippen LogP contribution in [-0.2, 0) is 14.3 Å². The van der Waals surface area contributed by atoms with Crippen molar-refractivity contribution in [3.63, 3.8) is 0 Å². The monoisotopic (exact) mass is 459 g/mol. The van der Waals surface area contributed by atoms with Gasteiger partial charge in [-0.25, -0.2) is 4.79 Å². The Morgan fingerprint density at radius 2 is 1.71 bits per heavy atom. The van der Waals surface area contributed by atoms with Crippen molar-refractivity contribution in [2.75, 3.05) is 32.3 Å². The third-order valence-electron chi connectivity index (χ3n) is 5.44. The normalized spacial score (nSPS) is 14.8. The fraction of sp³-hybridized carbons (Fsp3) is 0.185. The summed E-state index contributed by atoms with van der Waals surface area (Å²) in [7, 11) is 3.09. The topological polar surface area (TPSA) is 74.3 Å². The van der Waals surface area contributed by atoms with Gasteiger partial charge in [-0.2, -0.15) is 0 Å². The number of benzene rings is 3. The highest BCUT2D eigenvalue weighted by Crippen LogP contribution is 2.39. The van der Waals surface area contributed by atoms with Crippen LogP contribution in [0.25, 0.3) is 6.08 Å². The Morgan fingerprint density at radius 3 is 2.47 bits per heavy atom. The molecule has 0 bridgehead atoms. The zero-order valence-electron chi connectivity index (χ0n) is 19.0. The summed E-state index contributed by atoms with van der Waals surface area (Å²) < 4.78 is 21.6. The standard InChI is InChI=1S/C27H25NO6/c1-31-24-14-12-19(16-25(24)32-2)13-15-27(30)34-18-26(29)28-21-10-6-7-11-23(21)33-17-22(28)20-8-4-3-5-9-20/h3-16,22H,17-18H2,1-2H3/b15-13+. The van der Waals surface area contributed by atoms with Crippen molar-refractivity contribution in [1.82, 2.24) is 0 Å². The molecular weight excluding hydrogens is 434 g/mol. The second kappa shape index (κ2) is 10.6. The lowest BCUT2D eigenvalue weighted by molar-refractivity contribution is -0.143. The SMILES string of the molecule is COc1ccc(/C=C/C(=O)OCC(=O)N2c3ccccc3OCC2c2ccccc2)cc1OC. The minimum atomic E-state index is -0.624. The minimum absolute atomic E-state index is 0.305. The van der Waals surface area contributed by atoms with Crippen LogP contribution in [0.2, 0.25) is 0 Å². The van der Waals surface area contributed by atoms with Gasteiger partial charge in [0.1, 0.15) is 12.4 Å². The number of para-hydroxylation sites is 2. The van der Waals surface area contributed by atoms with Gasteiger partial charge in [0.15, 0.2) is 18.1 Å². The van der Waals surface area contributed by atoms with E-state index in [1.807, 2.05) is 54.6 Å². The molecule has 0 spiro atoms. The van der Waals surface area contributed by atoms with E-state index in [1.54, 1.807) is 36.3 Å². The average molecular weight is 459 g/mol. The first kappa shape index (κ1) is 22.9. The van der Waals surface area contributed by atoms with Gasteiger partial charge in [-0.1, -0.05) is 48.5 Å². The van der Waals surface area contributed by atoms with Gasteiger partial charge in [0, 0.05) is 6.08 Å². The minimum Gasteiger partial charge on any atom is -0.493 e. The lowest BCUT2D eigenvalue weighted by atomic mass is 10.0. The van der Waals surface area contributed by atoms with Gasteiger partial charge in [-0.3, -0.25) is 9.69 Å². The van der Waals surface area contributed by atoms with E-state index in [0.717, 1.165) is 11.1 Å². The number of carbonyl (C=O) groups is 2. The van der Waals surface area contributed by atoms with Crippen molar-refractivity contribution < 1.29 is 28.5 Å². The molecule has 0 radical (unpaired) electrons. The summed E-state index contributed by atoms with van der Waals surface area (Å²) in [6, 6.07) is 21.9. The summed E-state index contributed by atoms with van der Waals surface area (Å²) in [6.45, 7) is -0.0906. The highest BCUT2D eigenvalue weighted by atomic mass is 16.5. The van der Waals surface area contributed by atoms with Crippen LogP contribution >= 0.6 is 0 Å². The van der Waals surface area contributed by atoms with Crippen LogP contribution in [0.4, 0.5) is 5.69 Å². The lowest BCUT2D eigenvalue weighted by Crippen LogP contribution is -2.43. The number of anilines is 1.